The average Bonchev–Trinajstić information content (AvgIpc) is 2.31. The fourth-order valence-electron chi connectivity index (χ4n) is 1.90. The molecule has 2 rings (SSSR count). The zero-order valence-electron chi connectivity index (χ0n) is 10.2. The predicted molar refractivity (Wildman–Crippen MR) is 71.7 cm³/mol. The van der Waals surface area contributed by atoms with E-state index >= 15 is 0 Å². The number of aromatic nitrogens is 2. The van der Waals surface area contributed by atoms with Crippen LogP contribution in [0.1, 0.15) is 12.6 Å². The number of nitrogens with zero attached hydrogens (tertiary/aromatic N) is 2. The van der Waals surface area contributed by atoms with Crippen molar-refractivity contribution in [2.45, 2.75) is 20.4 Å². The lowest BCUT2D eigenvalue weighted by Crippen LogP contribution is -2.39. The van der Waals surface area contributed by atoms with Gasteiger partial charge in [-0.3, -0.25) is 9.36 Å². The first-order valence-electron chi connectivity index (χ1n) is 5.64. The highest BCUT2D eigenvalue weighted by molar-refractivity contribution is 6.30. The summed E-state index contributed by atoms with van der Waals surface area (Å²) in [6, 6.07) is 8.07. The second kappa shape index (κ2) is 4.82. The Hall–Kier alpha value is -1.81. The lowest BCUT2D eigenvalue weighted by Gasteiger charge is -2.11. The molecule has 0 radical (unpaired) electrons. The van der Waals surface area contributed by atoms with E-state index in [4.69, 9.17) is 11.6 Å². The van der Waals surface area contributed by atoms with Gasteiger partial charge in [0.25, 0.3) is 5.56 Å². The zero-order chi connectivity index (χ0) is 13.3. The molecule has 0 unspecified atom stereocenters. The minimum absolute atomic E-state index is 0.329. The topological polar surface area (TPSA) is 44.0 Å². The van der Waals surface area contributed by atoms with Crippen LogP contribution >= 0.6 is 11.6 Å². The summed E-state index contributed by atoms with van der Waals surface area (Å²) in [6.07, 6.45) is 0. The Bertz CT molecular complexity index is 684. The molecule has 0 aliphatic carbocycles. The van der Waals surface area contributed by atoms with Gasteiger partial charge in [0.2, 0.25) is 0 Å². The number of aryl methyl sites for hydroxylation is 1. The van der Waals surface area contributed by atoms with Gasteiger partial charge in [-0.1, -0.05) is 11.6 Å². The van der Waals surface area contributed by atoms with Crippen molar-refractivity contribution < 1.29 is 0 Å². The monoisotopic (exact) mass is 264 g/mol. The highest BCUT2D eigenvalue weighted by atomic mass is 35.5. The summed E-state index contributed by atoms with van der Waals surface area (Å²) in [6.45, 7) is 4.14. The van der Waals surface area contributed by atoms with Gasteiger partial charge in [-0.15, -0.1) is 0 Å². The summed E-state index contributed by atoms with van der Waals surface area (Å²) in [4.78, 5) is 24.2. The summed E-state index contributed by atoms with van der Waals surface area (Å²) in [5.74, 6) is 0. The maximum Gasteiger partial charge on any atom is 0.335 e. The molecule has 1 heterocycles. The van der Waals surface area contributed by atoms with Crippen molar-refractivity contribution in [2.75, 3.05) is 0 Å². The molecule has 0 saturated heterocycles. The third-order valence-electron chi connectivity index (χ3n) is 2.80. The number of rotatable bonds is 2. The molecule has 0 spiro atoms. The van der Waals surface area contributed by atoms with Crippen molar-refractivity contribution in [1.29, 1.82) is 0 Å². The van der Waals surface area contributed by atoms with E-state index in [0.717, 1.165) is 4.57 Å². The second-order valence-corrected chi connectivity index (χ2v) is 4.40. The van der Waals surface area contributed by atoms with E-state index < -0.39 is 0 Å². The van der Waals surface area contributed by atoms with Crippen LogP contribution in [0.4, 0.5) is 0 Å². The molecule has 4 nitrogen and oxygen atoms in total. The summed E-state index contributed by atoms with van der Waals surface area (Å²) >= 11 is 5.79. The van der Waals surface area contributed by atoms with Crippen molar-refractivity contribution in [3.63, 3.8) is 0 Å². The Morgan fingerprint density at radius 1 is 1.17 bits per heavy atom. The highest BCUT2D eigenvalue weighted by Crippen LogP contribution is 2.10. The van der Waals surface area contributed by atoms with Crippen LogP contribution in [0.5, 0.6) is 0 Å². The summed E-state index contributed by atoms with van der Waals surface area (Å²) in [5.41, 5.74) is 0.531. The Labute approximate surface area is 109 Å². The Kier molecular flexibility index (Phi) is 3.39. The molecule has 0 amide bonds. The van der Waals surface area contributed by atoms with Crippen LogP contribution in [-0.2, 0) is 6.54 Å². The Balaban J connectivity index is 2.76. The van der Waals surface area contributed by atoms with Gasteiger partial charge in [0.15, 0.2) is 0 Å². The number of hydrogen-bond acceptors (Lipinski definition) is 2. The maximum atomic E-state index is 12.2. The number of benzene rings is 1. The lowest BCUT2D eigenvalue weighted by molar-refractivity contribution is 0.639. The van der Waals surface area contributed by atoms with Crippen LogP contribution in [0.3, 0.4) is 0 Å². The van der Waals surface area contributed by atoms with E-state index in [1.165, 1.54) is 6.07 Å². The lowest BCUT2D eigenvalue weighted by atomic mass is 10.3. The molecule has 18 heavy (non-hydrogen) atoms. The van der Waals surface area contributed by atoms with E-state index in [1.807, 2.05) is 6.92 Å². The summed E-state index contributed by atoms with van der Waals surface area (Å²) < 4.78 is 2.70. The van der Waals surface area contributed by atoms with Gasteiger partial charge in [0, 0.05) is 23.3 Å². The van der Waals surface area contributed by atoms with Crippen LogP contribution in [0, 0.1) is 6.92 Å². The van der Waals surface area contributed by atoms with Crippen molar-refractivity contribution in [3.05, 3.63) is 61.9 Å². The van der Waals surface area contributed by atoms with Crippen LogP contribution < -0.4 is 11.2 Å². The van der Waals surface area contributed by atoms with Gasteiger partial charge >= 0.3 is 5.69 Å². The molecule has 0 fully saturated rings. The molecule has 5 heteroatoms. The van der Waals surface area contributed by atoms with Gasteiger partial charge in [0.05, 0.1) is 5.69 Å². The first-order valence-corrected chi connectivity index (χ1v) is 6.02. The van der Waals surface area contributed by atoms with Crippen molar-refractivity contribution >= 4 is 11.6 Å². The molecular formula is C13H13ClN2O2. The smallest absolute Gasteiger partial charge is 0.298 e. The normalized spacial score (nSPS) is 10.6. The van der Waals surface area contributed by atoms with E-state index in [-0.39, 0.29) is 11.2 Å². The van der Waals surface area contributed by atoms with E-state index in [9.17, 15) is 9.59 Å². The third kappa shape index (κ3) is 2.11. The SMILES string of the molecule is CCn1c(C)cc(=O)n(-c2ccc(Cl)cc2)c1=O. The Morgan fingerprint density at radius 3 is 2.33 bits per heavy atom. The molecule has 0 aliphatic rings. The predicted octanol–water partition coefficient (Wildman–Crippen LogP) is 1.98. The van der Waals surface area contributed by atoms with Gasteiger partial charge < -0.3 is 0 Å². The van der Waals surface area contributed by atoms with Gasteiger partial charge in [-0.25, -0.2) is 9.36 Å². The average molecular weight is 265 g/mol. The quantitative estimate of drug-likeness (QED) is 0.833. The molecule has 0 saturated carbocycles. The molecule has 1 aromatic carbocycles. The first-order chi connectivity index (χ1) is 8.54. The highest BCUT2D eigenvalue weighted by Gasteiger charge is 2.09. The largest absolute Gasteiger partial charge is 0.335 e. The van der Waals surface area contributed by atoms with Gasteiger partial charge in [0.1, 0.15) is 0 Å². The molecule has 0 aliphatic heterocycles. The molecule has 1 aromatic heterocycles. The van der Waals surface area contributed by atoms with Gasteiger partial charge in [-0.2, -0.15) is 0 Å². The molecular weight excluding hydrogens is 252 g/mol. The zero-order valence-corrected chi connectivity index (χ0v) is 10.9. The van der Waals surface area contributed by atoms with E-state index in [0.29, 0.717) is 22.9 Å². The van der Waals surface area contributed by atoms with E-state index in [1.54, 1.807) is 35.8 Å². The second-order valence-electron chi connectivity index (χ2n) is 3.96. The van der Waals surface area contributed by atoms with Crippen molar-refractivity contribution in [3.8, 4) is 5.69 Å². The number of hydrogen-bond donors (Lipinski definition) is 0. The van der Waals surface area contributed by atoms with Crippen LogP contribution in [-0.4, -0.2) is 9.13 Å². The van der Waals surface area contributed by atoms with Gasteiger partial charge in [-0.05, 0) is 38.1 Å². The molecule has 0 N–H and O–H groups in total. The molecule has 94 valence electrons. The summed E-state index contributed by atoms with van der Waals surface area (Å²) in [5, 5.41) is 0.565. The maximum absolute atomic E-state index is 12.2. The number of halogens is 1. The van der Waals surface area contributed by atoms with Crippen LogP contribution in [0.25, 0.3) is 5.69 Å². The summed E-state index contributed by atoms with van der Waals surface area (Å²) in [7, 11) is 0. The Morgan fingerprint density at radius 2 is 1.78 bits per heavy atom. The van der Waals surface area contributed by atoms with Crippen molar-refractivity contribution in [1.82, 2.24) is 9.13 Å². The molecule has 2 aromatic rings. The molecule has 0 atom stereocenters. The van der Waals surface area contributed by atoms with E-state index in [2.05, 4.69) is 0 Å². The van der Waals surface area contributed by atoms with Crippen LogP contribution in [0.2, 0.25) is 5.02 Å². The fraction of sp³-hybridized carbons (Fsp3) is 0.231. The van der Waals surface area contributed by atoms with Crippen LogP contribution in [0.15, 0.2) is 39.9 Å². The molecule has 0 bridgehead atoms. The first kappa shape index (κ1) is 12.6. The minimum atomic E-state index is -0.329. The third-order valence-corrected chi connectivity index (χ3v) is 3.05. The fourth-order valence-corrected chi connectivity index (χ4v) is 2.03. The standard InChI is InChI=1S/C13H13ClN2O2/c1-3-15-9(2)8-12(17)16(13(15)18)11-6-4-10(14)5-7-11/h4-8H,3H2,1-2H3. The van der Waals surface area contributed by atoms with Crippen molar-refractivity contribution in [2.24, 2.45) is 0 Å². The minimum Gasteiger partial charge on any atom is -0.298 e.